The third-order valence-corrected chi connectivity index (χ3v) is 11.2. The van der Waals surface area contributed by atoms with Crippen molar-refractivity contribution < 1.29 is 4.79 Å². The Morgan fingerprint density at radius 1 is 0.510 bits per heavy atom. The summed E-state index contributed by atoms with van der Waals surface area (Å²) in [4.78, 5) is 18.9. The first-order chi connectivity index (χ1) is 25.2. The van der Waals surface area contributed by atoms with Crippen LogP contribution in [0.15, 0.2) is 133 Å². The summed E-state index contributed by atoms with van der Waals surface area (Å²) in [5, 5.41) is 3.48. The summed E-state index contributed by atoms with van der Waals surface area (Å²) < 4.78 is 0. The summed E-state index contributed by atoms with van der Waals surface area (Å²) in [5.41, 5.74) is 18.7. The Hall–Kier alpha value is -5.06. The number of fused-ring (bicyclic) bond motifs is 4. The molecule has 2 aliphatic heterocycles. The Balaban J connectivity index is 0.000000156. The van der Waals surface area contributed by atoms with Crippen LogP contribution in [0, 0.1) is 0 Å². The van der Waals surface area contributed by atoms with E-state index in [9.17, 15) is 4.79 Å². The lowest BCUT2D eigenvalue weighted by Crippen LogP contribution is -2.37. The van der Waals surface area contributed by atoms with E-state index in [0.717, 1.165) is 70.3 Å². The molecule has 4 heteroatoms. The minimum Gasteiger partial charge on any atom is -0.342 e. The lowest BCUT2D eigenvalue weighted by molar-refractivity contribution is -0.130. The van der Waals surface area contributed by atoms with E-state index in [2.05, 4.69) is 107 Å². The number of nitrogens with one attached hydrogen (secondary N) is 1. The molecule has 0 spiro atoms. The number of hydrogen-bond acceptors (Lipinski definition) is 3. The first-order valence-corrected chi connectivity index (χ1v) is 18.9. The standard InChI is InChI=1S/C27H26N2O.C20H21N/c30-26(19-20-11-15-28-16-12-20)29-17-13-23(14-18-29)27-24-7-3-1-5-21(24)9-10-22-6-2-4-8-25(22)27;1-3-7-18-15(5-1)9-10-16-6-2-4-8-19(16)20(18)17-11-13-21-14-12-17/h1-8,11-12,15-16H,9-10,13-14,17-19H2;1-8,21H,9-14H2. The number of aromatic nitrogens is 1. The van der Waals surface area contributed by atoms with E-state index in [1.54, 1.807) is 18.0 Å². The van der Waals surface area contributed by atoms with Crippen LogP contribution in [0.25, 0.3) is 11.1 Å². The van der Waals surface area contributed by atoms with Gasteiger partial charge in [0.05, 0.1) is 6.42 Å². The smallest absolute Gasteiger partial charge is 0.227 e. The van der Waals surface area contributed by atoms with Crippen LogP contribution in [0.2, 0.25) is 0 Å². The molecule has 2 aliphatic carbocycles. The van der Waals surface area contributed by atoms with Crippen molar-refractivity contribution in [1.82, 2.24) is 15.2 Å². The van der Waals surface area contributed by atoms with Crippen molar-refractivity contribution in [3.8, 4) is 0 Å². The molecular formula is C47H47N3O. The number of carbonyl (C=O) groups is 1. The van der Waals surface area contributed by atoms with Crippen molar-refractivity contribution in [3.05, 3.63) is 183 Å². The molecule has 1 amide bonds. The molecular weight excluding hydrogens is 623 g/mol. The van der Waals surface area contributed by atoms with Crippen molar-refractivity contribution in [2.24, 2.45) is 0 Å². The van der Waals surface area contributed by atoms with Gasteiger partial charge in [-0.25, -0.2) is 0 Å². The number of amides is 1. The number of nitrogens with zero attached hydrogens (tertiary/aromatic N) is 2. The maximum Gasteiger partial charge on any atom is 0.227 e. The van der Waals surface area contributed by atoms with Crippen LogP contribution < -0.4 is 5.32 Å². The topological polar surface area (TPSA) is 45.2 Å². The maximum atomic E-state index is 12.8. The van der Waals surface area contributed by atoms with Crippen molar-refractivity contribution in [2.75, 3.05) is 26.2 Å². The Morgan fingerprint density at radius 3 is 1.33 bits per heavy atom. The highest BCUT2D eigenvalue weighted by Gasteiger charge is 2.26. The molecule has 0 saturated carbocycles. The van der Waals surface area contributed by atoms with Crippen molar-refractivity contribution >= 4 is 17.1 Å². The van der Waals surface area contributed by atoms with Gasteiger partial charge in [-0.15, -0.1) is 0 Å². The molecule has 1 N–H and O–H groups in total. The van der Waals surface area contributed by atoms with Gasteiger partial charge >= 0.3 is 0 Å². The largest absolute Gasteiger partial charge is 0.342 e. The van der Waals surface area contributed by atoms with Crippen molar-refractivity contribution in [2.45, 2.75) is 57.8 Å². The van der Waals surface area contributed by atoms with Gasteiger partial charge in [0, 0.05) is 25.5 Å². The molecule has 9 rings (SSSR count). The number of carbonyl (C=O) groups excluding carboxylic acids is 1. The van der Waals surface area contributed by atoms with E-state index in [-0.39, 0.29) is 5.91 Å². The highest BCUT2D eigenvalue weighted by molar-refractivity contribution is 5.87. The second-order valence-electron chi connectivity index (χ2n) is 14.2. The summed E-state index contributed by atoms with van der Waals surface area (Å²) >= 11 is 0. The summed E-state index contributed by atoms with van der Waals surface area (Å²) in [6.45, 7) is 3.83. The first kappa shape index (κ1) is 33.1. The average Bonchev–Trinajstić information content (AvgIpc) is 3.47. The average molecular weight is 670 g/mol. The van der Waals surface area contributed by atoms with Gasteiger partial charge < -0.3 is 10.2 Å². The van der Waals surface area contributed by atoms with Crippen molar-refractivity contribution in [3.63, 3.8) is 0 Å². The molecule has 3 heterocycles. The predicted molar refractivity (Wildman–Crippen MR) is 208 cm³/mol. The fraction of sp³-hybridized carbons (Fsp3) is 0.277. The van der Waals surface area contributed by atoms with Crippen LogP contribution in [0.1, 0.15) is 75.8 Å². The van der Waals surface area contributed by atoms with E-state index >= 15 is 0 Å². The molecule has 4 nitrogen and oxygen atoms in total. The number of pyridine rings is 1. The molecule has 256 valence electrons. The lowest BCUT2D eigenvalue weighted by Gasteiger charge is -2.31. The van der Waals surface area contributed by atoms with E-state index in [1.165, 1.54) is 74.1 Å². The van der Waals surface area contributed by atoms with Crippen molar-refractivity contribution in [1.29, 1.82) is 0 Å². The molecule has 2 fully saturated rings. The van der Waals surface area contributed by atoms with E-state index < -0.39 is 0 Å². The zero-order valence-corrected chi connectivity index (χ0v) is 29.5. The Bertz CT molecular complexity index is 1980. The summed E-state index contributed by atoms with van der Waals surface area (Å²) in [7, 11) is 0. The number of likely N-dealkylation sites (tertiary alicyclic amines) is 1. The number of rotatable bonds is 2. The third kappa shape index (κ3) is 7.25. The van der Waals surface area contributed by atoms with E-state index in [4.69, 9.17) is 0 Å². The van der Waals surface area contributed by atoms with Gasteiger partial charge in [0.25, 0.3) is 0 Å². The molecule has 5 aromatic rings. The van der Waals surface area contributed by atoms with Crippen LogP contribution in [0.3, 0.4) is 0 Å². The molecule has 51 heavy (non-hydrogen) atoms. The Morgan fingerprint density at radius 2 is 0.902 bits per heavy atom. The Kier molecular flexibility index (Phi) is 10.0. The van der Waals surface area contributed by atoms with Gasteiger partial charge in [-0.2, -0.15) is 0 Å². The Labute approximate surface area is 303 Å². The van der Waals surface area contributed by atoms with Gasteiger partial charge in [-0.3, -0.25) is 9.78 Å². The number of benzene rings is 4. The minimum atomic E-state index is 0.215. The molecule has 0 atom stereocenters. The van der Waals surface area contributed by atoms with Gasteiger partial charge in [-0.05, 0) is 138 Å². The molecule has 4 aromatic carbocycles. The summed E-state index contributed by atoms with van der Waals surface area (Å²) in [6, 6.07) is 39.6. The van der Waals surface area contributed by atoms with Gasteiger partial charge in [-0.1, -0.05) is 108 Å². The second-order valence-corrected chi connectivity index (χ2v) is 14.2. The number of aryl methyl sites for hydroxylation is 4. The van der Waals surface area contributed by atoms with Crippen LogP contribution >= 0.6 is 0 Å². The van der Waals surface area contributed by atoms with Crippen LogP contribution in [-0.2, 0) is 36.9 Å². The highest BCUT2D eigenvalue weighted by atomic mass is 16.2. The third-order valence-electron chi connectivity index (χ3n) is 11.2. The second kappa shape index (κ2) is 15.4. The van der Waals surface area contributed by atoms with Gasteiger partial charge in [0.15, 0.2) is 0 Å². The van der Waals surface area contributed by atoms with E-state index in [0.29, 0.717) is 6.42 Å². The maximum absolute atomic E-state index is 12.8. The summed E-state index contributed by atoms with van der Waals surface area (Å²) in [6.07, 6.45) is 12.7. The van der Waals surface area contributed by atoms with Crippen LogP contribution in [0.5, 0.6) is 0 Å². The zero-order chi connectivity index (χ0) is 34.4. The van der Waals surface area contributed by atoms with Crippen LogP contribution in [-0.4, -0.2) is 42.0 Å². The fourth-order valence-corrected chi connectivity index (χ4v) is 8.56. The normalized spacial score (nSPS) is 16.7. The molecule has 1 aromatic heterocycles. The predicted octanol–water partition coefficient (Wildman–Crippen LogP) is 8.82. The van der Waals surface area contributed by atoms with Crippen LogP contribution in [0.4, 0.5) is 0 Å². The number of piperidine rings is 2. The number of hydrogen-bond donors (Lipinski definition) is 1. The monoisotopic (exact) mass is 669 g/mol. The summed E-state index contributed by atoms with van der Waals surface area (Å²) in [5.74, 6) is 0.215. The van der Waals surface area contributed by atoms with Gasteiger partial charge in [0.2, 0.25) is 5.91 Å². The molecule has 4 aliphatic rings. The first-order valence-electron chi connectivity index (χ1n) is 18.9. The molecule has 2 saturated heterocycles. The molecule has 0 bridgehead atoms. The zero-order valence-electron chi connectivity index (χ0n) is 29.5. The highest BCUT2D eigenvalue weighted by Crippen LogP contribution is 2.39. The SMILES string of the molecule is O=C(Cc1ccncc1)N1CCC(=C2c3ccccc3CCc3ccccc32)CC1.c1ccc2c(c1)CCc1ccccc1C2=C1CCNCC1. The lowest BCUT2D eigenvalue weighted by atomic mass is 9.86. The minimum absolute atomic E-state index is 0.215. The fourth-order valence-electron chi connectivity index (χ4n) is 8.56. The van der Waals surface area contributed by atoms with Gasteiger partial charge in [0.1, 0.15) is 0 Å². The molecule has 0 unspecified atom stereocenters. The quantitative estimate of drug-likeness (QED) is 0.204. The molecule has 0 radical (unpaired) electrons. The van der Waals surface area contributed by atoms with E-state index in [1.807, 2.05) is 17.0 Å².